The van der Waals surface area contributed by atoms with Crippen LogP contribution in [-0.2, 0) is 11.2 Å². The fourth-order valence-electron chi connectivity index (χ4n) is 3.86. The summed E-state index contributed by atoms with van der Waals surface area (Å²) in [4.78, 5) is 18.0. The van der Waals surface area contributed by atoms with E-state index in [1.807, 2.05) is 11.3 Å². The maximum atomic E-state index is 11.8. The van der Waals surface area contributed by atoms with E-state index in [9.17, 15) is 4.79 Å². The Bertz CT molecular complexity index is 445. The quantitative estimate of drug-likeness (QED) is 0.852. The average molecular weight is 292 g/mol. The first-order valence-corrected chi connectivity index (χ1v) is 8.67. The SMILES string of the molecule is CC(=O)N1CCCC1C1CCCN1CCc1cccs1. The molecule has 0 spiro atoms. The van der Waals surface area contributed by atoms with Gasteiger partial charge in [-0.2, -0.15) is 0 Å². The van der Waals surface area contributed by atoms with E-state index in [4.69, 9.17) is 0 Å². The summed E-state index contributed by atoms with van der Waals surface area (Å²) in [5.41, 5.74) is 0. The highest BCUT2D eigenvalue weighted by Gasteiger charge is 2.38. The summed E-state index contributed by atoms with van der Waals surface area (Å²) >= 11 is 1.85. The Labute approximate surface area is 125 Å². The molecule has 4 heteroatoms. The number of thiophene rings is 1. The van der Waals surface area contributed by atoms with Gasteiger partial charge in [0.05, 0.1) is 0 Å². The normalized spacial score (nSPS) is 27.4. The molecule has 3 heterocycles. The summed E-state index contributed by atoms with van der Waals surface area (Å²) in [6.07, 6.45) is 6.08. The molecule has 0 radical (unpaired) electrons. The largest absolute Gasteiger partial charge is 0.338 e. The van der Waals surface area contributed by atoms with Crippen LogP contribution in [0.15, 0.2) is 17.5 Å². The van der Waals surface area contributed by atoms with Gasteiger partial charge in [0.25, 0.3) is 0 Å². The molecule has 2 unspecified atom stereocenters. The Balaban J connectivity index is 1.61. The van der Waals surface area contributed by atoms with Crippen molar-refractivity contribution in [2.75, 3.05) is 19.6 Å². The van der Waals surface area contributed by atoms with E-state index in [1.165, 1.54) is 37.1 Å². The third kappa shape index (κ3) is 2.91. The summed E-state index contributed by atoms with van der Waals surface area (Å²) in [6.45, 7) is 5.05. The minimum absolute atomic E-state index is 0.262. The van der Waals surface area contributed by atoms with Crippen LogP contribution in [0.2, 0.25) is 0 Å². The number of amides is 1. The molecule has 0 aliphatic carbocycles. The van der Waals surface area contributed by atoms with Crippen LogP contribution in [0.1, 0.15) is 37.5 Å². The molecular formula is C16H24N2OS. The average Bonchev–Trinajstić information content (AvgIpc) is 3.16. The predicted molar refractivity (Wildman–Crippen MR) is 83.0 cm³/mol. The number of carbonyl (C=O) groups excluding carboxylic acids is 1. The zero-order valence-electron chi connectivity index (χ0n) is 12.3. The molecule has 0 aromatic carbocycles. The van der Waals surface area contributed by atoms with Crippen molar-refractivity contribution in [3.63, 3.8) is 0 Å². The summed E-state index contributed by atoms with van der Waals surface area (Å²) in [5.74, 6) is 0.262. The second kappa shape index (κ2) is 6.27. The monoisotopic (exact) mass is 292 g/mol. The number of hydrogen-bond donors (Lipinski definition) is 0. The summed E-state index contributed by atoms with van der Waals surface area (Å²) in [6, 6.07) is 5.43. The van der Waals surface area contributed by atoms with Gasteiger partial charge in [0.1, 0.15) is 0 Å². The van der Waals surface area contributed by atoms with Crippen LogP contribution >= 0.6 is 11.3 Å². The number of carbonyl (C=O) groups is 1. The molecule has 3 rings (SSSR count). The lowest BCUT2D eigenvalue weighted by molar-refractivity contribution is -0.130. The second-order valence-electron chi connectivity index (χ2n) is 6.00. The van der Waals surface area contributed by atoms with Crippen molar-refractivity contribution in [3.05, 3.63) is 22.4 Å². The highest BCUT2D eigenvalue weighted by Crippen LogP contribution is 2.30. The first-order chi connectivity index (χ1) is 9.75. The minimum Gasteiger partial charge on any atom is -0.338 e. The standard InChI is InChI=1S/C16H24N2OS/c1-13(19)18-10-3-7-16(18)15-6-2-9-17(15)11-8-14-5-4-12-20-14/h4-5,12,15-16H,2-3,6-11H2,1H3. The van der Waals surface area contributed by atoms with Gasteiger partial charge >= 0.3 is 0 Å². The minimum atomic E-state index is 0.262. The van der Waals surface area contributed by atoms with Crippen molar-refractivity contribution >= 4 is 17.2 Å². The van der Waals surface area contributed by atoms with Gasteiger partial charge in [-0.25, -0.2) is 0 Å². The molecule has 2 aliphatic rings. The number of rotatable bonds is 4. The fourth-order valence-corrected chi connectivity index (χ4v) is 4.56. The van der Waals surface area contributed by atoms with Crippen LogP contribution in [0.4, 0.5) is 0 Å². The van der Waals surface area contributed by atoms with Crippen molar-refractivity contribution in [1.29, 1.82) is 0 Å². The Morgan fingerprint density at radius 2 is 2.10 bits per heavy atom. The molecular weight excluding hydrogens is 268 g/mol. The smallest absolute Gasteiger partial charge is 0.219 e. The third-order valence-electron chi connectivity index (χ3n) is 4.79. The van der Waals surface area contributed by atoms with Gasteiger partial charge in [0, 0.05) is 37.0 Å². The lowest BCUT2D eigenvalue weighted by atomic mass is 10.0. The number of likely N-dealkylation sites (tertiary alicyclic amines) is 2. The highest BCUT2D eigenvalue weighted by atomic mass is 32.1. The predicted octanol–water partition coefficient (Wildman–Crippen LogP) is 2.77. The topological polar surface area (TPSA) is 23.6 Å². The van der Waals surface area contributed by atoms with Gasteiger partial charge in [0.15, 0.2) is 0 Å². The Morgan fingerprint density at radius 1 is 1.30 bits per heavy atom. The van der Waals surface area contributed by atoms with Gasteiger partial charge in [-0.1, -0.05) is 6.07 Å². The lowest BCUT2D eigenvalue weighted by Gasteiger charge is -2.34. The molecule has 2 atom stereocenters. The molecule has 2 aliphatic heterocycles. The van der Waals surface area contributed by atoms with E-state index >= 15 is 0 Å². The lowest BCUT2D eigenvalue weighted by Crippen LogP contribution is -2.48. The fraction of sp³-hybridized carbons (Fsp3) is 0.688. The molecule has 0 bridgehead atoms. The Hall–Kier alpha value is -0.870. The van der Waals surface area contributed by atoms with E-state index in [0.29, 0.717) is 12.1 Å². The van der Waals surface area contributed by atoms with E-state index in [0.717, 1.165) is 19.5 Å². The molecule has 0 N–H and O–H groups in total. The maximum Gasteiger partial charge on any atom is 0.219 e. The van der Waals surface area contributed by atoms with Gasteiger partial charge in [-0.05, 0) is 50.1 Å². The van der Waals surface area contributed by atoms with E-state index < -0.39 is 0 Å². The summed E-state index contributed by atoms with van der Waals surface area (Å²) < 4.78 is 0. The molecule has 1 aromatic heterocycles. The first kappa shape index (κ1) is 14.1. The number of nitrogens with zero attached hydrogens (tertiary/aromatic N) is 2. The van der Waals surface area contributed by atoms with Crippen LogP contribution in [0.5, 0.6) is 0 Å². The van der Waals surface area contributed by atoms with Crippen LogP contribution in [0.3, 0.4) is 0 Å². The molecule has 2 saturated heterocycles. The molecule has 110 valence electrons. The Morgan fingerprint density at radius 3 is 2.85 bits per heavy atom. The summed E-state index contributed by atoms with van der Waals surface area (Å²) in [5, 5.41) is 2.16. The van der Waals surface area contributed by atoms with Gasteiger partial charge in [-0.15, -0.1) is 11.3 Å². The highest BCUT2D eigenvalue weighted by molar-refractivity contribution is 7.09. The number of hydrogen-bond acceptors (Lipinski definition) is 3. The van der Waals surface area contributed by atoms with Gasteiger partial charge in [0.2, 0.25) is 5.91 Å². The summed E-state index contributed by atoms with van der Waals surface area (Å²) in [7, 11) is 0. The van der Waals surface area contributed by atoms with Crippen molar-refractivity contribution < 1.29 is 4.79 Å². The molecule has 3 nitrogen and oxygen atoms in total. The van der Waals surface area contributed by atoms with Crippen LogP contribution in [-0.4, -0.2) is 47.4 Å². The van der Waals surface area contributed by atoms with Crippen molar-refractivity contribution in [1.82, 2.24) is 9.80 Å². The zero-order valence-corrected chi connectivity index (χ0v) is 13.1. The molecule has 0 saturated carbocycles. The second-order valence-corrected chi connectivity index (χ2v) is 7.03. The van der Waals surface area contributed by atoms with Gasteiger partial charge in [-0.3, -0.25) is 9.69 Å². The van der Waals surface area contributed by atoms with E-state index in [-0.39, 0.29) is 5.91 Å². The molecule has 1 amide bonds. The molecule has 1 aromatic rings. The van der Waals surface area contributed by atoms with Crippen molar-refractivity contribution in [2.24, 2.45) is 0 Å². The first-order valence-electron chi connectivity index (χ1n) is 7.79. The molecule has 2 fully saturated rings. The van der Waals surface area contributed by atoms with Crippen molar-refractivity contribution in [2.45, 2.75) is 51.1 Å². The van der Waals surface area contributed by atoms with Crippen molar-refractivity contribution in [3.8, 4) is 0 Å². The maximum absolute atomic E-state index is 11.8. The van der Waals surface area contributed by atoms with Gasteiger partial charge < -0.3 is 4.90 Å². The zero-order chi connectivity index (χ0) is 13.9. The van der Waals surface area contributed by atoms with E-state index in [1.54, 1.807) is 6.92 Å². The van der Waals surface area contributed by atoms with E-state index in [2.05, 4.69) is 27.3 Å². The Kier molecular flexibility index (Phi) is 4.41. The van der Waals surface area contributed by atoms with Crippen LogP contribution in [0, 0.1) is 0 Å². The van der Waals surface area contributed by atoms with Crippen LogP contribution < -0.4 is 0 Å². The van der Waals surface area contributed by atoms with Crippen LogP contribution in [0.25, 0.3) is 0 Å². The third-order valence-corrected chi connectivity index (χ3v) is 5.72. The molecule has 20 heavy (non-hydrogen) atoms.